The first-order valence-electron chi connectivity index (χ1n) is 11.4. The molecule has 170 valence electrons. The number of nitriles is 1. The van der Waals surface area contributed by atoms with Crippen molar-refractivity contribution in [1.82, 2.24) is 14.9 Å². The molecule has 1 N–H and O–H groups in total. The van der Waals surface area contributed by atoms with Gasteiger partial charge in [0.2, 0.25) is 0 Å². The van der Waals surface area contributed by atoms with Crippen LogP contribution in [0.15, 0.2) is 42.7 Å². The fourth-order valence-electron chi connectivity index (χ4n) is 5.12. The van der Waals surface area contributed by atoms with Crippen LogP contribution in [0.2, 0.25) is 0 Å². The van der Waals surface area contributed by atoms with E-state index in [9.17, 15) is 13.6 Å². The number of pyridine rings is 1. The molecule has 1 aromatic carbocycles. The van der Waals surface area contributed by atoms with Crippen molar-refractivity contribution in [1.29, 1.82) is 5.26 Å². The van der Waals surface area contributed by atoms with Gasteiger partial charge in [0.25, 0.3) is 5.91 Å². The average molecular weight is 450 g/mol. The number of anilines is 1. The molecule has 1 atom stereocenters. The monoisotopic (exact) mass is 449 g/mol. The van der Waals surface area contributed by atoms with E-state index >= 15 is 0 Å². The van der Waals surface area contributed by atoms with Gasteiger partial charge in [0.05, 0.1) is 29.4 Å². The number of benzene rings is 1. The number of aromatic nitrogens is 2. The summed E-state index contributed by atoms with van der Waals surface area (Å²) < 4.78 is 29.9. The van der Waals surface area contributed by atoms with Crippen LogP contribution in [0, 0.1) is 28.9 Å². The van der Waals surface area contributed by atoms with Gasteiger partial charge in [-0.3, -0.25) is 4.79 Å². The molecule has 1 aliphatic carbocycles. The van der Waals surface area contributed by atoms with E-state index in [1.54, 1.807) is 16.9 Å². The summed E-state index contributed by atoms with van der Waals surface area (Å²) in [5.74, 6) is -0.970. The number of carbonyl (C=O) groups excluding carboxylic acids is 1. The predicted octanol–water partition coefficient (Wildman–Crippen LogP) is 4.77. The topological polar surface area (TPSA) is 73.4 Å². The molecule has 1 amide bonds. The molecule has 3 heterocycles. The fraction of sp³-hybridized carbons (Fsp3) is 0.400. The predicted molar refractivity (Wildman–Crippen MR) is 120 cm³/mol. The number of fused-ring (bicyclic) bond motifs is 1. The third kappa shape index (κ3) is 4.15. The average Bonchev–Trinajstić information content (AvgIpc) is 3.48. The molecule has 1 saturated carbocycles. The first kappa shape index (κ1) is 21.4. The molecule has 2 fully saturated rings. The minimum absolute atomic E-state index is 0.0548. The Morgan fingerprint density at radius 2 is 1.94 bits per heavy atom. The van der Waals surface area contributed by atoms with E-state index in [1.807, 2.05) is 12.1 Å². The number of halogens is 2. The van der Waals surface area contributed by atoms with Crippen molar-refractivity contribution in [2.75, 3.05) is 11.4 Å². The fourth-order valence-corrected chi connectivity index (χ4v) is 5.12. The SMILES string of the molecule is N#C[C@H]1CC[C@H](NC(=O)c2cnn3ccc(N4CCC[C@@H]4c4cc(F)ccc4F)cc23)CC1. The molecule has 0 bridgehead atoms. The lowest BCUT2D eigenvalue weighted by atomic mass is 9.87. The second kappa shape index (κ2) is 8.81. The van der Waals surface area contributed by atoms with Crippen LogP contribution in [0.25, 0.3) is 5.52 Å². The molecule has 0 spiro atoms. The van der Waals surface area contributed by atoms with Crippen molar-refractivity contribution in [3.63, 3.8) is 0 Å². The van der Waals surface area contributed by atoms with Crippen molar-refractivity contribution in [2.45, 2.75) is 50.6 Å². The Balaban J connectivity index is 1.39. The van der Waals surface area contributed by atoms with Gasteiger partial charge in [0, 0.05) is 36.0 Å². The summed E-state index contributed by atoms with van der Waals surface area (Å²) in [6.07, 6.45) is 8.13. The van der Waals surface area contributed by atoms with Crippen molar-refractivity contribution in [3.05, 3.63) is 65.5 Å². The van der Waals surface area contributed by atoms with Gasteiger partial charge in [-0.2, -0.15) is 10.4 Å². The molecule has 0 unspecified atom stereocenters. The van der Waals surface area contributed by atoms with Crippen LogP contribution in [0.5, 0.6) is 0 Å². The summed E-state index contributed by atoms with van der Waals surface area (Å²) in [6, 6.07) is 9.46. The minimum atomic E-state index is -0.452. The number of amides is 1. The number of nitrogens with one attached hydrogen (secondary N) is 1. The molecule has 8 heteroatoms. The molecule has 3 aromatic rings. The third-order valence-electron chi connectivity index (χ3n) is 6.90. The number of hydrogen-bond donors (Lipinski definition) is 1. The first-order valence-corrected chi connectivity index (χ1v) is 11.4. The van der Waals surface area contributed by atoms with Gasteiger partial charge in [-0.25, -0.2) is 13.3 Å². The zero-order chi connectivity index (χ0) is 22.9. The summed E-state index contributed by atoms with van der Waals surface area (Å²) in [6.45, 7) is 0.717. The van der Waals surface area contributed by atoms with E-state index in [0.29, 0.717) is 23.2 Å². The van der Waals surface area contributed by atoms with Crippen molar-refractivity contribution in [2.24, 2.45) is 5.92 Å². The maximum absolute atomic E-state index is 14.5. The molecule has 1 aliphatic heterocycles. The smallest absolute Gasteiger partial charge is 0.255 e. The first-order chi connectivity index (χ1) is 16.0. The van der Waals surface area contributed by atoms with Crippen molar-refractivity contribution >= 4 is 17.1 Å². The summed E-state index contributed by atoms with van der Waals surface area (Å²) >= 11 is 0. The minimum Gasteiger partial charge on any atom is -0.364 e. The van der Waals surface area contributed by atoms with Crippen LogP contribution in [0.3, 0.4) is 0 Å². The Labute approximate surface area is 190 Å². The molecular weight excluding hydrogens is 424 g/mol. The molecule has 0 radical (unpaired) electrons. The van der Waals surface area contributed by atoms with E-state index < -0.39 is 11.6 Å². The van der Waals surface area contributed by atoms with Gasteiger partial charge in [-0.05, 0) is 68.9 Å². The highest BCUT2D eigenvalue weighted by atomic mass is 19.1. The van der Waals surface area contributed by atoms with Gasteiger partial charge < -0.3 is 10.2 Å². The number of rotatable bonds is 4. The van der Waals surface area contributed by atoms with Crippen molar-refractivity contribution in [3.8, 4) is 6.07 Å². The second-order valence-electron chi connectivity index (χ2n) is 8.94. The summed E-state index contributed by atoms with van der Waals surface area (Å²) in [5, 5.41) is 16.5. The van der Waals surface area contributed by atoms with Crippen LogP contribution in [-0.2, 0) is 0 Å². The maximum Gasteiger partial charge on any atom is 0.255 e. The number of hydrogen-bond acceptors (Lipinski definition) is 4. The Kier molecular flexibility index (Phi) is 5.71. The molecule has 6 nitrogen and oxygen atoms in total. The molecule has 2 aliphatic rings. The molecule has 2 aromatic heterocycles. The Hall–Kier alpha value is -3.47. The highest BCUT2D eigenvalue weighted by Crippen LogP contribution is 2.38. The molecule has 5 rings (SSSR count). The number of carbonyl (C=O) groups is 1. The summed E-state index contributed by atoms with van der Waals surface area (Å²) in [4.78, 5) is 15.1. The van der Waals surface area contributed by atoms with Gasteiger partial charge >= 0.3 is 0 Å². The lowest BCUT2D eigenvalue weighted by Gasteiger charge is -2.28. The van der Waals surface area contributed by atoms with Crippen molar-refractivity contribution < 1.29 is 13.6 Å². The highest BCUT2D eigenvalue weighted by Gasteiger charge is 2.30. The third-order valence-corrected chi connectivity index (χ3v) is 6.90. The van der Waals surface area contributed by atoms with Crippen LogP contribution in [-0.4, -0.2) is 28.1 Å². The van der Waals surface area contributed by atoms with Gasteiger partial charge in [-0.15, -0.1) is 0 Å². The van der Waals surface area contributed by atoms with Crippen LogP contribution in [0.1, 0.15) is 60.5 Å². The lowest BCUT2D eigenvalue weighted by molar-refractivity contribution is 0.0926. The molecular formula is C25H25F2N5O. The maximum atomic E-state index is 14.5. The standard InChI is InChI=1S/C25H25F2N5O/c26-17-5-8-22(27)20(12-17)23-2-1-10-31(23)19-9-11-32-24(13-19)21(15-29-32)25(33)30-18-6-3-16(14-28)4-7-18/h5,8-9,11-13,15-16,18,23H,1-4,6-7,10H2,(H,30,33)/t16-,18-,23-/m1/s1. The van der Waals surface area contributed by atoms with Crippen LogP contribution < -0.4 is 10.2 Å². The quantitative estimate of drug-likeness (QED) is 0.623. The van der Waals surface area contributed by atoms with Crippen LogP contribution in [0.4, 0.5) is 14.5 Å². The van der Waals surface area contributed by atoms with Gasteiger partial charge in [0.15, 0.2) is 0 Å². The zero-order valence-electron chi connectivity index (χ0n) is 18.2. The molecule has 1 saturated heterocycles. The van der Waals surface area contributed by atoms with Crippen LogP contribution >= 0.6 is 0 Å². The Morgan fingerprint density at radius 3 is 2.73 bits per heavy atom. The van der Waals surface area contributed by atoms with E-state index in [0.717, 1.165) is 50.3 Å². The zero-order valence-corrected chi connectivity index (χ0v) is 18.2. The Bertz CT molecular complexity index is 1230. The van der Waals surface area contributed by atoms with E-state index in [1.165, 1.54) is 12.1 Å². The normalized spacial score (nSPS) is 22.9. The molecule has 33 heavy (non-hydrogen) atoms. The Morgan fingerprint density at radius 1 is 1.12 bits per heavy atom. The second-order valence-corrected chi connectivity index (χ2v) is 8.94. The largest absolute Gasteiger partial charge is 0.364 e. The van der Waals surface area contributed by atoms with E-state index in [4.69, 9.17) is 5.26 Å². The van der Waals surface area contributed by atoms with E-state index in [-0.39, 0.29) is 23.9 Å². The highest BCUT2D eigenvalue weighted by molar-refractivity contribution is 6.01. The van der Waals surface area contributed by atoms with Gasteiger partial charge in [-0.1, -0.05) is 0 Å². The lowest BCUT2D eigenvalue weighted by Crippen LogP contribution is -2.37. The van der Waals surface area contributed by atoms with E-state index in [2.05, 4.69) is 21.4 Å². The number of nitrogens with zero attached hydrogens (tertiary/aromatic N) is 4. The summed E-state index contributed by atoms with van der Waals surface area (Å²) in [7, 11) is 0. The summed E-state index contributed by atoms with van der Waals surface area (Å²) in [5.41, 5.74) is 2.34. The van der Waals surface area contributed by atoms with Gasteiger partial charge in [0.1, 0.15) is 11.6 Å².